The molecule has 0 amide bonds. The van der Waals surface area contributed by atoms with E-state index >= 15 is 0 Å². The Morgan fingerprint density at radius 3 is 2.43 bits per heavy atom. The molecule has 0 fully saturated rings. The van der Waals surface area contributed by atoms with Crippen LogP contribution >= 0.6 is 0 Å². The van der Waals surface area contributed by atoms with Gasteiger partial charge in [-0.3, -0.25) is 0 Å². The largest absolute Gasteiger partial charge is 0.0773 e. The third-order valence-corrected chi connectivity index (χ3v) is 2.94. The fourth-order valence-corrected chi connectivity index (χ4v) is 2.01. The Balaban J connectivity index is 1.94. The molecule has 0 aromatic carbocycles. The second-order valence-electron chi connectivity index (χ2n) is 4.49. The molecule has 0 spiro atoms. The lowest BCUT2D eigenvalue weighted by Crippen LogP contribution is -1.80. The third kappa shape index (κ3) is 4.64. The van der Waals surface area contributed by atoms with E-state index < -0.39 is 0 Å². The quantitative estimate of drug-likeness (QED) is 0.497. The van der Waals surface area contributed by atoms with Gasteiger partial charge < -0.3 is 0 Å². The maximum atomic E-state index is 2.39. The Kier molecular flexibility index (Phi) is 5.66. The molecule has 0 unspecified atom stereocenters. The zero-order valence-corrected chi connectivity index (χ0v) is 9.81. The molecule has 0 aromatic heterocycles. The Hall–Kier alpha value is -0.520. The van der Waals surface area contributed by atoms with E-state index in [0.717, 1.165) is 0 Å². The molecule has 0 radical (unpaired) electrons. The fraction of sp³-hybridized carbons (Fsp3) is 0.714. The summed E-state index contributed by atoms with van der Waals surface area (Å²) in [4.78, 5) is 0. The third-order valence-electron chi connectivity index (χ3n) is 2.94. The van der Waals surface area contributed by atoms with Gasteiger partial charge in [-0.2, -0.15) is 0 Å². The maximum Gasteiger partial charge on any atom is -0.0133 e. The zero-order chi connectivity index (χ0) is 10.2. The molecule has 1 aliphatic rings. The first-order chi connectivity index (χ1) is 6.83. The highest BCUT2D eigenvalue weighted by atomic mass is 14.1. The van der Waals surface area contributed by atoms with Crippen LogP contribution in [0.15, 0.2) is 23.3 Å². The van der Waals surface area contributed by atoms with Gasteiger partial charge in [0.1, 0.15) is 0 Å². The number of allylic oxidation sites excluding steroid dienone is 4. The Morgan fingerprint density at radius 1 is 1.07 bits per heavy atom. The van der Waals surface area contributed by atoms with E-state index in [9.17, 15) is 0 Å². The van der Waals surface area contributed by atoms with Crippen molar-refractivity contribution < 1.29 is 0 Å². The Morgan fingerprint density at radius 2 is 1.79 bits per heavy atom. The molecule has 1 aliphatic carbocycles. The van der Waals surface area contributed by atoms with Crippen molar-refractivity contribution in [3.8, 4) is 0 Å². The molecule has 0 bridgehead atoms. The molecule has 0 N–H and O–H groups in total. The van der Waals surface area contributed by atoms with Crippen LogP contribution in [-0.4, -0.2) is 0 Å². The standard InChI is InChI=1S/C14H24/c1-3-4-5-6-7-8-9-14-11-10-13(2)12-14/h11-12H,3-10H2,1-2H3. The normalized spacial score (nSPS) is 15.6. The van der Waals surface area contributed by atoms with E-state index in [1.165, 1.54) is 56.9 Å². The number of hydrogen-bond donors (Lipinski definition) is 0. The van der Waals surface area contributed by atoms with Gasteiger partial charge in [0.2, 0.25) is 0 Å². The second kappa shape index (κ2) is 6.86. The SMILES string of the molecule is CCCCCCCCC1=CCC(C)=C1. The van der Waals surface area contributed by atoms with Crippen LogP contribution in [-0.2, 0) is 0 Å². The maximum absolute atomic E-state index is 2.39. The first kappa shape index (κ1) is 11.6. The van der Waals surface area contributed by atoms with E-state index in [4.69, 9.17) is 0 Å². The van der Waals surface area contributed by atoms with Gasteiger partial charge in [-0.15, -0.1) is 0 Å². The van der Waals surface area contributed by atoms with Gasteiger partial charge in [-0.1, -0.05) is 62.3 Å². The lowest BCUT2D eigenvalue weighted by Gasteiger charge is -2.00. The van der Waals surface area contributed by atoms with E-state index in [1.54, 1.807) is 5.57 Å². The molecule has 0 nitrogen and oxygen atoms in total. The number of hydrogen-bond acceptors (Lipinski definition) is 0. The van der Waals surface area contributed by atoms with Crippen molar-refractivity contribution in [3.63, 3.8) is 0 Å². The summed E-state index contributed by atoms with van der Waals surface area (Å²) in [6.45, 7) is 4.50. The van der Waals surface area contributed by atoms with E-state index in [0.29, 0.717) is 0 Å². The van der Waals surface area contributed by atoms with Crippen LogP contribution in [0, 0.1) is 0 Å². The molecule has 80 valence electrons. The van der Waals surface area contributed by atoms with Gasteiger partial charge in [0, 0.05) is 0 Å². The number of unbranched alkanes of at least 4 members (excludes halogenated alkanes) is 5. The van der Waals surface area contributed by atoms with Crippen molar-refractivity contribution in [3.05, 3.63) is 23.3 Å². The van der Waals surface area contributed by atoms with Crippen molar-refractivity contribution >= 4 is 0 Å². The molecule has 1 rings (SSSR count). The average molecular weight is 192 g/mol. The topological polar surface area (TPSA) is 0 Å². The van der Waals surface area contributed by atoms with Crippen LogP contribution in [0.3, 0.4) is 0 Å². The van der Waals surface area contributed by atoms with Gasteiger partial charge in [0.05, 0.1) is 0 Å². The van der Waals surface area contributed by atoms with Gasteiger partial charge in [-0.25, -0.2) is 0 Å². The molecule has 0 aromatic rings. The van der Waals surface area contributed by atoms with Gasteiger partial charge >= 0.3 is 0 Å². The van der Waals surface area contributed by atoms with E-state index in [2.05, 4.69) is 26.0 Å². The smallest absolute Gasteiger partial charge is 0.0133 e. The lowest BCUT2D eigenvalue weighted by molar-refractivity contribution is 0.608. The predicted molar refractivity (Wildman–Crippen MR) is 64.5 cm³/mol. The van der Waals surface area contributed by atoms with Crippen molar-refractivity contribution in [2.24, 2.45) is 0 Å². The van der Waals surface area contributed by atoms with Gasteiger partial charge in [0.25, 0.3) is 0 Å². The van der Waals surface area contributed by atoms with Crippen molar-refractivity contribution in [2.45, 2.75) is 65.2 Å². The average Bonchev–Trinajstić information content (AvgIpc) is 2.58. The first-order valence-corrected chi connectivity index (χ1v) is 6.19. The van der Waals surface area contributed by atoms with E-state index in [1.807, 2.05) is 0 Å². The van der Waals surface area contributed by atoms with Crippen LogP contribution in [0.2, 0.25) is 0 Å². The van der Waals surface area contributed by atoms with Gasteiger partial charge in [-0.05, 0) is 26.2 Å². The summed E-state index contributed by atoms with van der Waals surface area (Å²) in [5, 5.41) is 0. The summed E-state index contributed by atoms with van der Waals surface area (Å²) >= 11 is 0. The summed E-state index contributed by atoms with van der Waals surface area (Å²) in [7, 11) is 0. The summed E-state index contributed by atoms with van der Waals surface area (Å²) in [6, 6.07) is 0. The minimum Gasteiger partial charge on any atom is -0.0773 e. The molecule has 0 saturated carbocycles. The van der Waals surface area contributed by atoms with Crippen LogP contribution in [0.25, 0.3) is 0 Å². The van der Waals surface area contributed by atoms with Crippen molar-refractivity contribution in [2.75, 3.05) is 0 Å². The van der Waals surface area contributed by atoms with Crippen molar-refractivity contribution in [1.82, 2.24) is 0 Å². The monoisotopic (exact) mass is 192 g/mol. The van der Waals surface area contributed by atoms with Gasteiger partial charge in [0.15, 0.2) is 0 Å². The summed E-state index contributed by atoms with van der Waals surface area (Å²) < 4.78 is 0. The summed E-state index contributed by atoms with van der Waals surface area (Å²) in [5.74, 6) is 0. The summed E-state index contributed by atoms with van der Waals surface area (Å²) in [6.07, 6.45) is 15.7. The molecular weight excluding hydrogens is 168 g/mol. The van der Waals surface area contributed by atoms with Crippen LogP contribution in [0.5, 0.6) is 0 Å². The second-order valence-corrected chi connectivity index (χ2v) is 4.49. The highest BCUT2D eigenvalue weighted by Gasteiger charge is 2.01. The molecule has 0 aliphatic heterocycles. The first-order valence-electron chi connectivity index (χ1n) is 6.19. The van der Waals surface area contributed by atoms with Crippen LogP contribution in [0.4, 0.5) is 0 Å². The molecule has 0 heteroatoms. The van der Waals surface area contributed by atoms with Crippen LogP contribution < -0.4 is 0 Å². The predicted octanol–water partition coefficient (Wildman–Crippen LogP) is 5.01. The highest BCUT2D eigenvalue weighted by Crippen LogP contribution is 2.21. The molecule has 0 saturated heterocycles. The lowest BCUT2D eigenvalue weighted by atomic mass is 10.1. The minimum absolute atomic E-state index is 1.20. The fourth-order valence-electron chi connectivity index (χ4n) is 2.01. The number of rotatable bonds is 7. The van der Waals surface area contributed by atoms with Crippen LogP contribution in [0.1, 0.15) is 65.2 Å². The summed E-state index contributed by atoms with van der Waals surface area (Å²) in [5.41, 5.74) is 3.11. The highest BCUT2D eigenvalue weighted by molar-refractivity contribution is 5.31. The Labute approximate surface area is 89.1 Å². The molecule has 14 heavy (non-hydrogen) atoms. The zero-order valence-electron chi connectivity index (χ0n) is 9.81. The minimum atomic E-state index is 1.20. The van der Waals surface area contributed by atoms with Crippen molar-refractivity contribution in [1.29, 1.82) is 0 Å². The molecule has 0 atom stereocenters. The Bertz CT molecular complexity index is 208. The molecular formula is C14H24. The molecule has 0 heterocycles. The van der Waals surface area contributed by atoms with E-state index in [-0.39, 0.29) is 0 Å².